The predicted octanol–water partition coefficient (Wildman–Crippen LogP) is 3.95. The van der Waals surface area contributed by atoms with Crippen LogP contribution < -0.4 is 10.3 Å². The maximum atomic E-state index is 13.1. The molecule has 1 aromatic carbocycles. The van der Waals surface area contributed by atoms with Gasteiger partial charge < -0.3 is 4.74 Å². The molecule has 0 N–H and O–H groups in total. The minimum atomic E-state index is -0.0624. The molecule has 0 atom stereocenters. The number of methoxy groups -OCH3 is 1. The molecule has 3 rings (SSSR count). The van der Waals surface area contributed by atoms with Gasteiger partial charge in [0, 0.05) is 16.9 Å². The molecule has 0 radical (unpaired) electrons. The summed E-state index contributed by atoms with van der Waals surface area (Å²) in [5.41, 5.74) is 2.91. The van der Waals surface area contributed by atoms with Gasteiger partial charge in [-0.3, -0.25) is 9.36 Å². The van der Waals surface area contributed by atoms with E-state index >= 15 is 0 Å². The minimum absolute atomic E-state index is 0.0624. The lowest BCUT2D eigenvalue weighted by molar-refractivity contribution is 0.412. The molecule has 4 nitrogen and oxygen atoms in total. The Kier molecular flexibility index (Phi) is 4.65. The molecular formula is C20H20N2O2S. The highest BCUT2D eigenvalue weighted by molar-refractivity contribution is 7.19. The second kappa shape index (κ2) is 6.73. The first-order chi connectivity index (χ1) is 12.0. The van der Waals surface area contributed by atoms with Crippen LogP contribution >= 0.6 is 11.3 Å². The van der Waals surface area contributed by atoms with Crippen molar-refractivity contribution in [3.05, 3.63) is 44.8 Å². The topological polar surface area (TPSA) is 44.1 Å². The van der Waals surface area contributed by atoms with E-state index in [2.05, 4.69) is 5.92 Å². The van der Waals surface area contributed by atoms with Gasteiger partial charge >= 0.3 is 0 Å². The van der Waals surface area contributed by atoms with Gasteiger partial charge in [0.2, 0.25) is 0 Å². The molecule has 0 saturated heterocycles. The van der Waals surface area contributed by atoms with Crippen LogP contribution in [0.2, 0.25) is 0 Å². The van der Waals surface area contributed by atoms with Crippen molar-refractivity contribution in [2.24, 2.45) is 0 Å². The van der Waals surface area contributed by atoms with Crippen LogP contribution in [0.5, 0.6) is 5.75 Å². The molecule has 0 aliphatic heterocycles. The molecule has 0 fully saturated rings. The molecule has 0 aliphatic carbocycles. The maximum Gasteiger partial charge on any atom is 0.263 e. The Hall–Kier alpha value is -2.58. The third kappa shape index (κ3) is 2.83. The summed E-state index contributed by atoms with van der Waals surface area (Å²) in [5, 5.41) is 0.652. The number of aryl methyl sites for hydroxylation is 3. The lowest BCUT2D eigenvalue weighted by atomic mass is 10.0. The summed E-state index contributed by atoms with van der Waals surface area (Å²) in [6, 6.07) is 5.96. The summed E-state index contributed by atoms with van der Waals surface area (Å²) in [7, 11) is 1.65. The molecule has 128 valence electrons. The molecule has 0 aliphatic rings. The highest BCUT2D eigenvalue weighted by Crippen LogP contribution is 2.37. The number of nitrogens with zero attached hydrogens (tertiary/aromatic N) is 2. The standard InChI is InChI=1S/C20H20N2O2S/c1-6-10-22-16(7-2)21-19-18(20(22)23)17(13(4)25-19)14-8-9-15(24-5)12(3)11-14/h1,8-9,11H,7,10H2,2-5H3. The second-order valence-corrected chi connectivity index (χ2v) is 7.08. The van der Waals surface area contributed by atoms with Crippen LogP contribution in [0.15, 0.2) is 23.0 Å². The van der Waals surface area contributed by atoms with Gasteiger partial charge in [0.25, 0.3) is 5.56 Å². The fourth-order valence-corrected chi connectivity index (χ4v) is 4.20. The Labute approximate surface area is 151 Å². The van der Waals surface area contributed by atoms with E-state index < -0.39 is 0 Å². The van der Waals surface area contributed by atoms with Gasteiger partial charge in [-0.15, -0.1) is 17.8 Å². The molecule has 0 spiro atoms. The first-order valence-corrected chi connectivity index (χ1v) is 8.94. The van der Waals surface area contributed by atoms with Gasteiger partial charge in [0.05, 0.1) is 19.0 Å². The van der Waals surface area contributed by atoms with Crippen molar-refractivity contribution in [3.8, 4) is 29.2 Å². The highest BCUT2D eigenvalue weighted by atomic mass is 32.1. The normalized spacial score (nSPS) is 10.8. The zero-order valence-electron chi connectivity index (χ0n) is 14.8. The van der Waals surface area contributed by atoms with Crippen LogP contribution in [0.25, 0.3) is 21.3 Å². The molecule has 5 heteroatoms. The summed E-state index contributed by atoms with van der Waals surface area (Å²) in [4.78, 5) is 19.7. The number of hydrogen-bond acceptors (Lipinski definition) is 4. The second-order valence-electron chi connectivity index (χ2n) is 5.87. The lowest BCUT2D eigenvalue weighted by Gasteiger charge is -2.10. The molecule has 3 aromatic rings. The monoisotopic (exact) mass is 352 g/mol. The van der Waals surface area contributed by atoms with E-state index in [1.54, 1.807) is 23.0 Å². The van der Waals surface area contributed by atoms with Crippen molar-refractivity contribution >= 4 is 21.6 Å². The fraction of sp³-hybridized carbons (Fsp3) is 0.300. The van der Waals surface area contributed by atoms with E-state index in [0.717, 1.165) is 38.0 Å². The van der Waals surface area contributed by atoms with Crippen LogP contribution in [-0.4, -0.2) is 16.7 Å². The van der Waals surface area contributed by atoms with Crippen LogP contribution in [0.1, 0.15) is 23.2 Å². The summed E-state index contributed by atoms with van der Waals surface area (Å²) in [5.74, 6) is 4.13. The number of rotatable bonds is 4. The first-order valence-electron chi connectivity index (χ1n) is 8.13. The molecule has 25 heavy (non-hydrogen) atoms. The first kappa shape index (κ1) is 17.2. The Morgan fingerprint density at radius 2 is 2.12 bits per heavy atom. The number of ether oxygens (including phenoxy) is 1. The third-order valence-corrected chi connectivity index (χ3v) is 5.32. The van der Waals surface area contributed by atoms with Gasteiger partial charge in [0.1, 0.15) is 16.4 Å². The zero-order valence-corrected chi connectivity index (χ0v) is 15.7. The molecule has 0 unspecified atom stereocenters. The van der Waals surface area contributed by atoms with Crippen LogP contribution in [0, 0.1) is 26.2 Å². The number of hydrogen-bond donors (Lipinski definition) is 0. The van der Waals surface area contributed by atoms with E-state index in [0.29, 0.717) is 11.8 Å². The quantitative estimate of drug-likeness (QED) is 0.668. The van der Waals surface area contributed by atoms with Crippen molar-refractivity contribution in [2.75, 3.05) is 7.11 Å². The van der Waals surface area contributed by atoms with Crippen molar-refractivity contribution < 1.29 is 4.74 Å². The van der Waals surface area contributed by atoms with Crippen molar-refractivity contribution in [2.45, 2.75) is 33.7 Å². The average molecular weight is 352 g/mol. The Bertz CT molecular complexity index is 1050. The molecule has 0 bridgehead atoms. The number of aromatic nitrogens is 2. The van der Waals surface area contributed by atoms with E-state index in [9.17, 15) is 4.79 Å². The van der Waals surface area contributed by atoms with Crippen molar-refractivity contribution in [3.63, 3.8) is 0 Å². The molecular weight excluding hydrogens is 332 g/mol. The van der Waals surface area contributed by atoms with E-state index in [1.165, 1.54) is 0 Å². The van der Waals surface area contributed by atoms with Crippen molar-refractivity contribution in [1.29, 1.82) is 0 Å². The lowest BCUT2D eigenvalue weighted by Crippen LogP contribution is -2.24. The summed E-state index contributed by atoms with van der Waals surface area (Å²) < 4.78 is 6.95. The Balaban J connectivity index is 2.35. The number of fused-ring (bicyclic) bond motifs is 1. The number of terminal acetylenes is 1. The van der Waals surface area contributed by atoms with Crippen LogP contribution in [0.4, 0.5) is 0 Å². The number of benzene rings is 1. The van der Waals surface area contributed by atoms with Gasteiger partial charge in [-0.1, -0.05) is 18.9 Å². The minimum Gasteiger partial charge on any atom is -0.496 e. The Morgan fingerprint density at radius 3 is 2.72 bits per heavy atom. The van der Waals surface area contributed by atoms with Gasteiger partial charge in [-0.05, 0) is 37.1 Å². The molecule has 2 aromatic heterocycles. The van der Waals surface area contributed by atoms with Crippen molar-refractivity contribution in [1.82, 2.24) is 9.55 Å². The largest absolute Gasteiger partial charge is 0.496 e. The summed E-state index contributed by atoms with van der Waals surface area (Å²) in [6.45, 7) is 6.24. The molecule has 0 saturated carbocycles. The van der Waals surface area contributed by atoms with Gasteiger partial charge in [0.15, 0.2) is 0 Å². The van der Waals surface area contributed by atoms with Crippen LogP contribution in [-0.2, 0) is 13.0 Å². The van der Waals surface area contributed by atoms with E-state index in [-0.39, 0.29) is 12.1 Å². The van der Waals surface area contributed by atoms with E-state index in [1.807, 2.05) is 39.0 Å². The van der Waals surface area contributed by atoms with Gasteiger partial charge in [-0.25, -0.2) is 4.98 Å². The van der Waals surface area contributed by atoms with Gasteiger partial charge in [-0.2, -0.15) is 0 Å². The highest BCUT2D eigenvalue weighted by Gasteiger charge is 2.19. The fourth-order valence-electron chi connectivity index (χ4n) is 3.14. The Morgan fingerprint density at radius 1 is 1.36 bits per heavy atom. The average Bonchev–Trinajstić information content (AvgIpc) is 2.93. The third-order valence-electron chi connectivity index (χ3n) is 4.32. The van der Waals surface area contributed by atoms with Crippen LogP contribution in [0.3, 0.4) is 0 Å². The summed E-state index contributed by atoms with van der Waals surface area (Å²) >= 11 is 1.55. The summed E-state index contributed by atoms with van der Waals surface area (Å²) in [6.07, 6.45) is 6.12. The van der Waals surface area contributed by atoms with E-state index in [4.69, 9.17) is 16.1 Å². The molecule has 0 amide bonds. The smallest absolute Gasteiger partial charge is 0.263 e. The molecule has 2 heterocycles. The zero-order chi connectivity index (χ0) is 18.1. The predicted molar refractivity (Wildman–Crippen MR) is 104 cm³/mol. The number of thiophene rings is 1. The SMILES string of the molecule is C#CCn1c(CC)nc2sc(C)c(-c3ccc(OC)c(C)c3)c2c1=O. The maximum absolute atomic E-state index is 13.1.